The average Bonchev–Trinajstić information content (AvgIpc) is 2.61. The van der Waals surface area contributed by atoms with Gasteiger partial charge in [0.25, 0.3) is 0 Å². The van der Waals surface area contributed by atoms with Crippen molar-refractivity contribution in [1.82, 2.24) is 15.5 Å². The van der Waals surface area contributed by atoms with Gasteiger partial charge >= 0.3 is 6.03 Å². The van der Waals surface area contributed by atoms with Gasteiger partial charge in [-0.25, -0.2) is 4.79 Å². The third kappa shape index (κ3) is 4.97. The number of amides is 3. The van der Waals surface area contributed by atoms with Crippen LogP contribution in [0.4, 0.5) is 10.5 Å². The van der Waals surface area contributed by atoms with Crippen LogP contribution in [0.5, 0.6) is 0 Å². The van der Waals surface area contributed by atoms with E-state index in [2.05, 4.69) is 22.0 Å². The topological polar surface area (TPSA) is 73.5 Å². The van der Waals surface area contributed by atoms with E-state index >= 15 is 0 Å². The number of hydrogen-bond donors (Lipinski definition) is 3. The molecule has 0 aromatic heterocycles. The molecule has 1 aromatic carbocycles. The Morgan fingerprint density at radius 2 is 1.73 bits per heavy atom. The summed E-state index contributed by atoms with van der Waals surface area (Å²) in [6.45, 7) is 6.40. The molecule has 0 bridgehead atoms. The van der Waals surface area contributed by atoms with Gasteiger partial charge in [0, 0.05) is 24.8 Å². The van der Waals surface area contributed by atoms with Crippen molar-refractivity contribution >= 4 is 17.6 Å². The lowest BCUT2D eigenvalue weighted by atomic mass is 10.0. The zero-order chi connectivity index (χ0) is 18.5. The maximum Gasteiger partial charge on any atom is 0.319 e. The van der Waals surface area contributed by atoms with Crippen molar-refractivity contribution in [3.63, 3.8) is 0 Å². The zero-order valence-electron chi connectivity index (χ0n) is 15.8. The average molecular weight is 358 g/mol. The number of piperidine rings is 2. The van der Waals surface area contributed by atoms with E-state index in [4.69, 9.17) is 0 Å². The smallest absolute Gasteiger partial charge is 0.319 e. The number of rotatable bonds is 3. The van der Waals surface area contributed by atoms with Crippen LogP contribution in [0.25, 0.3) is 0 Å². The number of anilines is 1. The molecule has 3 amide bonds. The Balaban J connectivity index is 1.44. The summed E-state index contributed by atoms with van der Waals surface area (Å²) in [5.41, 5.74) is 3.07. The highest BCUT2D eigenvalue weighted by atomic mass is 16.2. The molecule has 0 unspecified atom stereocenters. The molecule has 2 aliphatic heterocycles. The molecule has 1 atom stereocenters. The molecule has 6 heteroatoms. The fraction of sp³-hybridized carbons (Fsp3) is 0.600. The molecule has 2 aliphatic rings. The molecule has 0 radical (unpaired) electrons. The van der Waals surface area contributed by atoms with E-state index in [-0.39, 0.29) is 24.0 Å². The van der Waals surface area contributed by atoms with Gasteiger partial charge in [-0.1, -0.05) is 12.5 Å². The van der Waals surface area contributed by atoms with Gasteiger partial charge in [0.1, 0.15) is 0 Å². The van der Waals surface area contributed by atoms with Gasteiger partial charge in [-0.2, -0.15) is 0 Å². The first-order valence-electron chi connectivity index (χ1n) is 9.69. The van der Waals surface area contributed by atoms with Gasteiger partial charge in [-0.15, -0.1) is 0 Å². The van der Waals surface area contributed by atoms with Gasteiger partial charge in [0.05, 0.1) is 6.04 Å². The van der Waals surface area contributed by atoms with Crippen LogP contribution < -0.4 is 16.0 Å². The number of nitrogens with one attached hydrogen (secondary N) is 3. The van der Waals surface area contributed by atoms with Crippen LogP contribution in [0, 0.1) is 13.8 Å². The predicted octanol–water partition coefficient (Wildman–Crippen LogP) is 2.56. The lowest BCUT2D eigenvalue weighted by Crippen LogP contribution is -2.53. The molecule has 2 fully saturated rings. The lowest BCUT2D eigenvalue weighted by Gasteiger charge is -2.35. The highest BCUT2D eigenvalue weighted by Gasteiger charge is 2.29. The number of benzene rings is 1. The first-order chi connectivity index (χ1) is 12.5. The summed E-state index contributed by atoms with van der Waals surface area (Å²) in [4.78, 5) is 26.8. The minimum absolute atomic E-state index is 0.0129. The lowest BCUT2D eigenvalue weighted by molar-refractivity contribution is -0.135. The Bertz CT molecular complexity index is 627. The summed E-state index contributed by atoms with van der Waals surface area (Å²) >= 11 is 0. The van der Waals surface area contributed by atoms with E-state index in [9.17, 15) is 9.59 Å². The highest BCUT2D eigenvalue weighted by molar-refractivity contribution is 5.89. The van der Waals surface area contributed by atoms with E-state index in [0.717, 1.165) is 55.5 Å². The number of carbonyl (C=O) groups excluding carboxylic acids is 2. The predicted molar refractivity (Wildman–Crippen MR) is 103 cm³/mol. The van der Waals surface area contributed by atoms with Gasteiger partial charge in [0.2, 0.25) is 5.91 Å². The monoisotopic (exact) mass is 358 g/mol. The van der Waals surface area contributed by atoms with Gasteiger partial charge in [-0.05, 0) is 69.3 Å². The van der Waals surface area contributed by atoms with Crippen LogP contribution in [-0.2, 0) is 4.79 Å². The quantitative estimate of drug-likeness (QED) is 0.777. The molecule has 2 saturated heterocycles. The number of urea groups is 1. The first kappa shape index (κ1) is 18.7. The van der Waals surface area contributed by atoms with Crippen molar-refractivity contribution in [2.24, 2.45) is 0 Å². The normalized spacial score (nSPS) is 21.3. The van der Waals surface area contributed by atoms with E-state index in [0.29, 0.717) is 13.1 Å². The van der Waals surface area contributed by atoms with E-state index in [1.807, 2.05) is 30.9 Å². The van der Waals surface area contributed by atoms with Crippen molar-refractivity contribution in [1.29, 1.82) is 0 Å². The summed E-state index contributed by atoms with van der Waals surface area (Å²) in [5, 5.41) is 9.28. The van der Waals surface area contributed by atoms with Crippen LogP contribution in [0.3, 0.4) is 0 Å². The van der Waals surface area contributed by atoms with Crippen molar-refractivity contribution < 1.29 is 9.59 Å². The number of likely N-dealkylation sites (tertiary alicyclic amines) is 1. The fourth-order valence-corrected chi connectivity index (χ4v) is 3.93. The van der Waals surface area contributed by atoms with Crippen molar-refractivity contribution in [3.8, 4) is 0 Å². The number of carbonyl (C=O) groups is 2. The molecule has 2 heterocycles. The van der Waals surface area contributed by atoms with Crippen molar-refractivity contribution in [2.45, 2.75) is 58.0 Å². The molecule has 142 valence electrons. The first-order valence-corrected chi connectivity index (χ1v) is 9.69. The molecular weight excluding hydrogens is 328 g/mol. The third-order valence-corrected chi connectivity index (χ3v) is 5.23. The second-order valence-corrected chi connectivity index (χ2v) is 7.58. The molecule has 0 spiro atoms. The Hall–Kier alpha value is -2.08. The molecule has 6 nitrogen and oxygen atoms in total. The molecule has 0 saturated carbocycles. The minimum atomic E-state index is -0.172. The maximum atomic E-state index is 12.6. The second kappa shape index (κ2) is 8.54. The molecule has 0 aliphatic carbocycles. The van der Waals surface area contributed by atoms with Crippen molar-refractivity contribution in [3.05, 3.63) is 29.3 Å². The van der Waals surface area contributed by atoms with Crippen LogP contribution in [0.2, 0.25) is 0 Å². The van der Waals surface area contributed by atoms with E-state index in [1.54, 1.807) is 0 Å². The van der Waals surface area contributed by atoms with Gasteiger partial charge < -0.3 is 20.9 Å². The number of nitrogens with zero attached hydrogens (tertiary/aromatic N) is 1. The Morgan fingerprint density at radius 3 is 2.35 bits per heavy atom. The minimum Gasteiger partial charge on any atom is -0.341 e. The van der Waals surface area contributed by atoms with E-state index < -0.39 is 0 Å². The Kier molecular flexibility index (Phi) is 6.14. The van der Waals surface area contributed by atoms with E-state index in [1.165, 1.54) is 0 Å². The molecule has 1 aromatic rings. The van der Waals surface area contributed by atoms with Crippen LogP contribution in [-0.4, -0.2) is 48.6 Å². The molecule has 3 N–H and O–H groups in total. The zero-order valence-corrected chi connectivity index (χ0v) is 15.8. The van der Waals surface area contributed by atoms with Crippen LogP contribution in [0.15, 0.2) is 18.2 Å². The van der Waals surface area contributed by atoms with Crippen molar-refractivity contribution in [2.75, 3.05) is 25.0 Å². The highest BCUT2D eigenvalue weighted by Crippen LogP contribution is 2.17. The number of aryl methyl sites for hydroxylation is 2. The summed E-state index contributed by atoms with van der Waals surface area (Å²) < 4.78 is 0. The van der Waals surface area contributed by atoms with Crippen LogP contribution in [0.1, 0.15) is 43.2 Å². The van der Waals surface area contributed by atoms with Gasteiger partial charge in [-0.3, -0.25) is 4.79 Å². The summed E-state index contributed by atoms with van der Waals surface area (Å²) in [6.07, 6.45) is 4.83. The SMILES string of the molecule is Cc1cc(C)cc(NC(=O)NC2CCN(C(=O)[C@@H]3CCCCN3)CC2)c1. The second-order valence-electron chi connectivity index (χ2n) is 7.58. The largest absolute Gasteiger partial charge is 0.341 e. The summed E-state index contributed by atoms with van der Waals surface area (Å²) in [6, 6.07) is 5.94. The standard InChI is InChI=1S/C20H30N4O2/c1-14-11-15(2)13-17(12-14)23-20(26)22-16-6-9-24(10-7-16)19(25)18-5-3-4-8-21-18/h11-13,16,18,21H,3-10H2,1-2H3,(H2,22,23,26)/t18-/m0/s1. The molecular formula is C20H30N4O2. The Morgan fingerprint density at radius 1 is 1.04 bits per heavy atom. The molecule has 3 rings (SSSR count). The molecule has 26 heavy (non-hydrogen) atoms. The maximum absolute atomic E-state index is 12.6. The van der Waals surface area contributed by atoms with Gasteiger partial charge in [0.15, 0.2) is 0 Å². The third-order valence-electron chi connectivity index (χ3n) is 5.23. The fourth-order valence-electron chi connectivity index (χ4n) is 3.93. The Labute approximate surface area is 155 Å². The summed E-state index contributed by atoms with van der Waals surface area (Å²) in [5.74, 6) is 0.225. The number of hydrogen-bond acceptors (Lipinski definition) is 3. The van der Waals surface area contributed by atoms with Crippen LogP contribution >= 0.6 is 0 Å². The summed E-state index contributed by atoms with van der Waals surface area (Å²) in [7, 11) is 0.